The number of carbonyl (C=O) groups excluding carboxylic acids is 3. The Bertz CT molecular complexity index is 1120. The summed E-state index contributed by atoms with van der Waals surface area (Å²) in [6.07, 6.45) is 2.17. The maximum atomic E-state index is 14.3. The molecule has 7 heteroatoms. The summed E-state index contributed by atoms with van der Waals surface area (Å²) in [5.74, 6) is -2.66. The predicted octanol–water partition coefficient (Wildman–Crippen LogP) is 2.29. The molecule has 6 nitrogen and oxygen atoms in total. The lowest BCUT2D eigenvalue weighted by molar-refractivity contribution is -0.145. The number of rotatable bonds is 3. The second-order valence-corrected chi connectivity index (χ2v) is 8.88. The van der Waals surface area contributed by atoms with Gasteiger partial charge in [-0.25, -0.2) is 4.39 Å². The Morgan fingerprint density at radius 3 is 2.68 bits per heavy atom. The van der Waals surface area contributed by atoms with Gasteiger partial charge >= 0.3 is 0 Å². The number of amides is 3. The summed E-state index contributed by atoms with van der Waals surface area (Å²) in [6.45, 7) is 0.903. The summed E-state index contributed by atoms with van der Waals surface area (Å²) in [5, 5.41) is 2.86. The molecule has 2 aromatic rings. The molecular weight excluding hydrogens is 397 g/mol. The summed E-state index contributed by atoms with van der Waals surface area (Å²) in [5.41, 5.74) is 0.754. The number of imide groups is 1. The molecule has 0 saturated carbocycles. The Labute approximate surface area is 179 Å². The molecule has 0 bridgehead atoms. The molecule has 3 amide bonds. The van der Waals surface area contributed by atoms with Gasteiger partial charge < -0.3 is 5.32 Å². The van der Waals surface area contributed by atoms with Crippen LogP contribution in [-0.4, -0.2) is 46.7 Å². The topological polar surface area (TPSA) is 69.7 Å². The van der Waals surface area contributed by atoms with Gasteiger partial charge in [-0.1, -0.05) is 30.3 Å². The quantitative estimate of drug-likeness (QED) is 0.776. The van der Waals surface area contributed by atoms with Gasteiger partial charge in [0.25, 0.3) is 0 Å². The highest BCUT2D eigenvalue weighted by Gasteiger charge is 2.74. The molecule has 4 atom stereocenters. The van der Waals surface area contributed by atoms with Crippen molar-refractivity contribution in [3.8, 4) is 0 Å². The van der Waals surface area contributed by atoms with Gasteiger partial charge in [0.05, 0.1) is 11.8 Å². The number of halogens is 1. The number of benzene rings is 2. The van der Waals surface area contributed by atoms with Gasteiger partial charge in [0.2, 0.25) is 17.7 Å². The zero-order valence-electron chi connectivity index (χ0n) is 16.9. The lowest BCUT2D eigenvalue weighted by Crippen LogP contribution is -2.54. The van der Waals surface area contributed by atoms with Crippen molar-refractivity contribution in [1.29, 1.82) is 0 Å². The minimum absolute atomic E-state index is 0.178. The van der Waals surface area contributed by atoms with Crippen molar-refractivity contribution in [3.05, 3.63) is 65.5 Å². The van der Waals surface area contributed by atoms with Crippen LogP contribution in [0.15, 0.2) is 48.5 Å². The Kier molecular flexibility index (Phi) is 3.90. The molecule has 1 N–H and O–H groups in total. The Balaban J connectivity index is 1.43. The fourth-order valence-corrected chi connectivity index (χ4v) is 6.34. The lowest BCUT2D eigenvalue weighted by Gasteiger charge is -2.36. The standard InChI is InChI=1S/C24H22FN3O3/c25-15-8-9-17-16(13-15)24(23(31)26-17)20-19(18-7-4-11-28(18)24)21(29)27(22(20)30)12-10-14-5-2-1-3-6-14/h1-3,5-6,8-9,13,18-20H,4,7,10-12H2,(H,26,31). The van der Waals surface area contributed by atoms with Crippen LogP contribution in [0.1, 0.15) is 24.0 Å². The van der Waals surface area contributed by atoms with Crippen LogP contribution in [0.4, 0.5) is 10.1 Å². The molecular formula is C24H22FN3O3. The van der Waals surface area contributed by atoms with Crippen LogP contribution in [0, 0.1) is 17.7 Å². The molecule has 3 saturated heterocycles. The van der Waals surface area contributed by atoms with Crippen molar-refractivity contribution in [3.63, 3.8) is 0 Å². The van der Waals surface area contributed by atoms with Crippen molar-refractivity contribution in [2.24, 2.45) is 11.8 Å². The lowest BCUT2D eigenvalue weighted by atomic mass is 9.75. The molecule has 0 aliphatic carbocycles. The second-order valence-electron chi connectivity index (χ2n) is 8.88. The zero-order chi connectivity index (χ0) is 21.3. The molecule has 1 spiro atoms. The first-order chi connectivity index (χ1) is 15.0. The van der Waals surface area contributed by atoms with Gasteiger partial charge in [-0.2, -0.15) is 0 Å². The van der Waals surface area contributed by atoms with Crippen molar-refractivity contribution < 1.29 is 18.8 Å². The van der Waals surface area contributed by atoms with Crippen LogP contribution in [0.25, 0.3) is 0 Å². The van der Waals surface area contributed by atoms with E-state index in [1.54, 1.807) is 6.07 Å². The van der Waals surface area contributed by atoms with Crippen LogP contribution in [0.5, 0.6) is 0 Å². The Hall–Kier alpha value is -3.06. The smallest absolute Gasteiger partial charge is 0.250 e. The fraction of sp³-hybridized carbons (Fsp3) is 0.375. The van der Waals surface area contributed by atoms with E-state index in [2.05, 4.69) is 5.32 Å². The highest BCUT2D eigenvalue weighted by molar-refractivity contribution is 6.15. The predicted molar refractivity (Wildman–Crippen MR) is 110 cm³/mol. The number of fused-ring (bicyclic) bond motifs is 7. The normalized spacial score (nSPS) is 31.3. The summed E-state index contributed by atoms with van der Waals surface area (Å²) in [6, 6.07) is 13.7. The zero-order valence-corrected chi connectivity index (χ0v) is 16.9. The largest absolute Gasteiger partial charge is 0.324 e. The molecule has 4 aliphatic rings. The number of carbonyl (C=O) groups is 3. The SMILES string of the molecule is O=C1C2C3CCCN3C3(C(=O)Nc4ccc(F)cc43)C2C(=O)N1CCc1ccccc1. The third kappa shape index (κ3) is 2.32. The van der Waals surface area contributed by atoms with Gasteiger partial charge in [-0.05, 0) is 49.6 Å². The van der Waals surface area contributed by atoms with Crippen molar-refractivity contribution >= 4 is 23.4 Å². The highest BCUT2D eigenvalue weighted by Crippen LogP contribution is 2.60. The molecule has 0 aromatic heterocycles. The molecule has 4 unspecified atom stereocenters. The summed E-state index contributed by atoms with van der Waals surface area (Å²) < 4.78 is 14.3. The molecule has 6 rings (SSSR count). The van der Waals surface area contributed by atoms with E-state index in [0.717, 1.165) is 18.4 Å². The van der Waals surface area contributed by atoms with Crippen molar-refractivity contribution in [1.82, 2.24) is 9.80 Å². The highest BCUT2D eigenvalue weighted by atomic mass is 19.1. The monoisotopic (exact) mass is 419 g/mol. The third-order valence-electron chi connectivity index (χ3n) is 7.51. The molecule has 0 radical (unpaired) electrons. The minimum atomic E-state index is -1.31. The molecule has 4 heterocycles. The number of hydrogen-bond donors (Lipinski definition) is 1. The van der Waals surface area contributed by atoms with E-state index in [1.807, 2.05) is 35.2 Å². The van der Waals surface area contributed by atoms with Gasteiger partial charge in [0.15, 0.2) is 0 Å². The summed E-state index contributed by atoms with van der Waals surface area (Å²) in [7, 11) is 0. The molecule has 158 valence electrons. The Morgan fingerprint density at radius 1 is 1.06 bits per heavy atom. The average molecular weight is 419 g/mol. The number of nitrogens with one attached hydrogen (secondary N) is 1. The van der Waals surface area contributed by atoms with Gasteiger partial charge in [0, 0.05) is 23.8 Å². The van der Waals surface area contributed by atoms with E-state index in [1.165, 1.54) is 17.0 Å². The number of nitrogens with zero attached hydrogens (tertiary/aromatic N) is 2. The van der Waals surface area contributed by atoms with E-state index < -0.39 is 23.2 Å². The van der Waals surface area contributed by atoms with Crippen LogP contribution in [0.3, 0.4) is 0 Å². The van der Waals surface area contributed by atoms with Crippen molar-refractivity contribution in [2.75, 3.05) is 18.4 Å². The van der Waals surface area contributed by atoms with Gasteiger partial charge in [-0.3, -0.25) is 24.2 Å². The third-order valence-corrected chi connectivity index (χ3v) is 7.51. The molecule has 2 aromatic carbocycles. The van der Waals surface area contributed by atoms with Crippen molar-refractivity contribution in [2.45, 2.75) is 30.8 Å². The van der Waals surface area contributed by atoms with Gasteiger partial charge in [0.1, 0.15) is 11.4 Å². The molecule has 31 heavy (non-hydrogen) atoms. The first-order valence-corrected chi connectivity index (χ1v) is 10.8. The maximum absolute atomic E-state index is 14.3. The van der Waals surface area contributed by atoms with Crippen LogP contribution in [-0.2, 0) is 26.3 Å². The molecule has 4 aliphatic heterocycles. The van der Waals surface area contributed by atoms with E-state index in [4.69, 9.17) is 0 Å². The number of likely N-dealkylation sites (tertiary alicyclic amines) is 1. The fourth-order valence-electron chi connectivity index (χ4n) is 6.34. The van der Waals surface area contributed by atoms with E-state index in [9.17, 15) is 18.8 Å². The van der Waals surface area contributed by atoms with Gasteiger partial charge in [-0.15, -0.1) is 0 Å². The molecule has 3 fully saturated rings. The van der Waals surface area contributed by atoms with E-state index >= 15 is 0 Å². The minimum Gasteiger partial charge on any atom is -0.324 e. The number of hydrogen-bond acceptors (Lipinski definition) is 4. The Morgan fingerprint density at radius 2 is 1.87 bits per heavy atom. The number of anilines is 1. The summed E-state index contributed by atoms with van der Waals surface area (Å²) in [4.78, 5) is 43.9. The van der Waals surface area contributed by atoms with Crippen LogP contribution >= 0.6 is 0 Å². The van der Waals surface area contributed by atoms with E-state index in [-0.39, 0.29) is 30.3 Å². The first-order valence-electron chi connectivity index (χ1n) is 10.8. The van der Waals surface area contributed by atoms with E-state index in [0.29, 0.717) is 24.2 Å². The second kappa shape index (κ2) is 6.47. The van der Waals surface area contributed by atoms with Crippen LogP contribution in [0.2, 0.25) is 0 Å². The maximum Gasteiger partial charge on any atom is 0.250 e. The average Bonchev–Trinajstić information content (AvgIpc) is 3.47. The van der Waals surface area contributed by atoms with Crippen LogP contribution < -0.4 is 5.32 Å². The summed E-state index contributed by atoms with van der Waals surface area (Å²) >= 11 is 0. The first kappa shape index (κ1) is 18.7.